The third-order valence-corrected chi connectivity index (χ3v) is 3.81. The van der Waals surface area contributed by atoms with Crippen LogP contribution in [0.15, 0.2) is 0 Å². The highest BCUT2D eigenvalue weighted by molar-refractivity contribution is 7.86. The van der Waals surface area contributed by atoms with Crippen molar-refractivity contribution in [2.45, 2.75) is 26.3 Å². The Morgan fingerprint density at radius 2 is 1.94 bits per heavy atom. The summed E-state index contributed by atoms with van der Waals surface area (Å²) in [6.07, 6.45) is 0.686. The van der Waals surface area contributed by atoms with Gasteiger partial charge in [-0.15, -0.1) is 0 Å². The van der Waals surface area contributed by atoms with Gasteiger partial charge >= 0.3 is 0 Å². The van der Waals surface area contributed by atoms with Gasteiger partial charge in [-0.1, -0.05) is 0 Å². The summed E-state index contributed by atoms with van der Waals surface area (Å²) in [6.45, 7) is 6.11. The fourth-order valence-corrected chi connectivity index (χ4v) is 2.65. The highest BCUT2D eigenvalue weighted by Gasteiger charge is 2.22. The topological polar surface area (TPSA) is 95.7 Å². The molecule has 3 N–H and O–H groups in total. The predicted octanol–water partition coefficient (Wildman–Crippen LogP) is -1.28. The van der Waals surface area contributed by atoms with Crippen LogP contribution in [-0.2, 0) is 15.0 Å². The molecule has 0 spiro atoms. The van der Waals surface area contributed by atoms with Crippen molar-refractivity contribution in [2.24, 2.45) is 5.14 Å². The van der Waals surface area contributed by atoms with E-state index < -0.39 is 10.2 Å². The molecule has 0 aromatic heterocycles. The standard InChI is InChI=1S/C10H22N4O3S/c1-9(2)12-10(15)8-13-4-3-5-14(7-6-13)18(11,16)17/h9H,3-8H2,1-2H3,(H,12,15)(H2,11,16,17). The van der Waals surface area contributed by atoms with Gasteiger partial charge in [0.25, 0.3) is 10.2 Å². The molecule has 1 fully saturated rings. The molecule has 0 unspecified atom stereocenters. The van der Waals surface area contributed by atoms with Crippen LogP contribution < -0.4 is 10.5 Å². The zero-order chi connectivity index (χ0) is 13.8. The number of nitrogens with two attached hydrogens (primary N) is 1. The first kappa shape index (κ1) is 15.4. The number of carbonyl (C=O) groups excluding carboxylic acids is 1. The second-order valence-electron chi connectivity index (χ2n) is 4.80. The minimum absolute atomic E-state index is 0.0333. The van der Waals surface area contributed by atoms with Gasteiger partial charge in [-0.05, 0) is 26.8 Å². The maximum Gasteiger partial charge on any atom is 0.276 e. The molecule has 1 aliphatic rings. The zero-order valence-corrected chi connectivity index (χ0v) is 11.7. The van der Waals surface area contributed by atoms with E-state index in [0.717, 1.165) is 0 Å². The second-order valence-corrected chi connectivity index (χ2v) is 6.34. The van der Waals surface area contributed by atoms with E-state index in [0.29, 0.717) is 39.1 Å². The number of carbonyl (C=O) groups is 1. The molecule has 0 atom stereocenters. The smallest absolute Gasteiger partial charge is 0.276 e. The Bertz CT molecular complexity index is 383. The molecule has 106 valence electrons. The van der Waals surface area contributed by atoms with Gasteiger partial charge in [0.1, 0.15) is 0 Å². The molecule has 7 nitrogen and oxygen atoms in total. The van der Waals surface area contributed by atoms with Crippen LogP contribution in [0.2, 0.25) is 0 Å². The summed E-state index contributed by atoms with van der Waals surface area (Å²) in [7, 11) is -3.61. The summed E-state index contributed by atoms with van der Waals surface area (Å²) in [5.41, 5.74) is 0. The highest BCUT2D eigenvalue weighted by Crippen LogP contribution is 2.05. The van der Waals surface area contributed by atoms with Crippen LogP contribution in [0.1, 0.15) is 20.3 Å². The van der Waals surface area contributed by atoms with Crippen molar-refractivity contribution in [3.05, 3.63) is 0 Å². The molecule has 0 aromatic carbocycles. The Hall–Kier alpha value is -0.700. The van der Waals surface area contributed by atoms with Crippen LogP contribution >= 0.6 is 0 Å². The summed E-state index contributed by atoms with van der Waals surface area (Å²) >= 11 is 0. The summed E-state index contributed by atoms with van der Waals surface area (Å²) in [5, 5.41) is 7.91. The number of nitrogens with zero attached hydrogens (tertiary/aromatic N) is 2. The molecular formula is C10H22N4O3S. The van der Waals surface area contributed by atoms with E-state index in [1.54, 1.807) is 0 Å². The average molecular weight is 278 g/mol. The van der Waals surface area contributed by atoms with Crippen molar-refractivity contribution in [1.82, 2.24) is 14.5 Å². The molecule has 18 heavy (non-hydrogen) atoms. The fourth-order valence-electron chi connectivity index (χ4n) is 1.93. The van der Waals surface area contributed by atoms with Crippen molar-refractivity contribution >= 4 is 16.1 Å². The first-order chi connectivity index (χ1) is 8.29. The Kier molecular flexibility index (Phi) is 5.51. The minimum Gasteiger partial charge on any atom is -0.353 e. The monoisotopic (exact) mass is 278 g/mol. The highest BCUT2D eigenvalue weighted by atomic mass is 32.2. The molecule has 1 aliphatic heterocycles. The third-order valence-electron chi connectivity index (χ3n) is 2.72. The van der Waals surface area contributed by atoms with Crippen LogP contribution in [-0.4, -0.2) is 62.3 Å². The Labute approximate surface area is 108 Å². The molecule has 0 aliphatic carbocycles. The molecule has 1 rings (SSSR count). The molecule has 0 aromatic rings. The van der Waals surface area contributed by atoms with E-state index in [9.17, 15) is 13.2 Å². The Balaban J connectivity index is 2.45. The van der Waals surface area contributed by atoms with Gasteiger partial charge in [-0.25, -0.2) is 5.14 Å². The molecule has 0 saturated carbocycles. The van der Waals surface area contributed by atoms with Gasteiger partial charge in [0, 0.05) is 25.7 Å². The number of hydrogen-bond acceptors (Lipinski definition) is 4. The maximum atomic E-state index is 11.6. The van der Waals surface area contributed by atoms with Gasteiger partial charge in [0.15, 0.2) is 0 Å². The van der Waals surface area contributed by atoms with Crippen molar-refractivity contribution in [3.8, 4) is 0 Å². The minimum atomic E-state index is -3.61. The molecule has 0 radical (unpaired) electrons. The van der Waals surface area contributed by atoms with E-state index >= 15 is 0 Å². The van der Waals surface area contributed by atoms with Crippen molar-refractivity contribution < 1.29 is 13.2 Å². The third kappa shape index (κ3) is 5.30. The maximum absolute atomic E-state index is 11.6. The Morgan fingerprint density at radius 3 is 2.50 bits per heavy atom. The van der Waals surface area contributed by atoms with E-state index in [4.69, 9.17) is 5.14 Å². The van der Waals surface area contributed by atoms with E-state index in [2.05, 4.69) is 5.32 Å². The SMILES string of the molecule is CC(C)NC(=O)CN1CCCN(S(N)(=O)=O)CC1. The molecule has 0 bridgehead atoms. The van der Waals surface area contributed by atoms with Gasteiger partial charge in [-0.2, -0.15) is 12.7 Å². The first-order valence-electron chi connectivity index (χ1n) is 6.08. The summed E-state index contributed by atoms with van der Waals surface area (Å²) in [4.78, 5) is 13.6. The van der Waals surface area contributed by atoms with Crippen LogP contribution in [0.5, 0.6) is 0 Å². The van der Waals surface area contributed by atoms with Gasteiger partial charge in [-0.3, -0.25) is 9.69 Å². The largest absolute Gasteiger partial charge is 0.353 e. The molecular weight excluding hydrogens is 256 g/mol. The zero-order valence-electron chi connectivity index (χ0n) is 10.9. The lowest BCUT2D eigenvalue weighted by Gasteiger charge is -2.20. The number of nitrogens with one attached hydrogen (secondary N) is 1. The van der Waals surface area contributed by atoms with E-state index in [1.165, 1.54) is 4.31 Å². The molecule has 1 saturated heterocycles. The van der Waals surface area contributed by atoms with Crippen molar-refractivity contribution in [3.63, 3.8) is 0 Å². The van der Waals surface area contributed by atoms with Crippen LogP contribution in [0.25, 0.3) is 0 Å². The van der Waals surface area contributed by atoms with Gasteiger partial charge < -0.3 is 5.32 Å². The lowest BCUT2D eigenvalue weighted by molar-refractivity contribution is -0.122. The first-order valence-corrected chi connectivity index (χ1v) is 7.59. The quantitative estimate of drug-likeness (QED) is 0.669. The molecule has 1 amide bonds. The summed E-state index contributed by atoms with van der Waals surface area (Å²) in [6, 6.07) is 0.116. The molecule has 8 heteroatoms. The van der Waals surface area contributed by atoms with Crippen LogP contribution in [0, 0.1) is 0 Å². The normalized spacial score (nSPS) is 19.8. The predicted molar refractivity (Wildman–Crippen MR) is 69.0 cm³/mol. The average Bonchev–Trinajstić information content (AvgIpc) is 2.40. The molecule has 1 heterocycles. The van der Waals surface area contributed by atoms with Crippen molar-refractivity contribution in [1.29, 1.82) is 0 Å². The second kappa shape index (κ2) is 6.46. The number of rotatable bonds is 4. The number of hydrogen-bond donors (Lipinski definition) is 2. The lowest BCUT2D eigenvalue weighted by atomic mass is 10.3. The summed E-state index contributed by atoms with van der Waals surface area (Å²) in [5.74, 6) is -0.0333. The Morgan fingerprint density at radius 1 is 1.28 bits per heavy atom. The summed E-state index contributed by atoms with van der Waals surface area (Å²) < 4.78 is 23.7. The van der Waals surface area contributed by atoms with Gasteiger partial charge in [0.2, 0.25) is 5.91 Å². The lowest BCUT2D eigenvalue weighted by Crippen LogP contribution is -2.42. The number of amides is 1. The van der Waals surface area contributed by atoms with E-state index in [-0.39, 0.29) is 11.9 Å². The fraction of sp³-hybridized carbons (Fsp3) is 0.900. The van der Waals surface area contributed by atoms with Crippen LogP contribution in [0.3, 0.4) is 0 Å². The van der Waals surface area contributed by atoms with Gasteiger partial charge in [0.05, 0.1) is 6.54 Å². The van der Waals surface area contributed by atoms with Crippen LogP contribution in [0.4, 0.5) is 0 Å². The van der Waals surface area contributed by atoms with Crippen molar-refractivity contribution in [2.75, 3.05) is 32.7 Å². The van der Waals surface area contributed by atoms with E-state index in [1.807, 2.05) is 18.7 Å².